The zero-order valence-electron chi connectivity index (χ0n) is 51.1. The van der Waals surface area contributed by atoms with E-state index in [0.29, 0.717) is 32.0 Å². The summed E-state index contributed by atoms with van der Waals surface area (Å²) in [6, 6.07) is 0. The van der Waals surface area contributed by atoms with E-state index in [1.54, 1.807) is 6.92 Å². The summed E-state index contributed by atoms with van der Waals surface area (Å²) < 4.78 is 52.1. The summed E-state index contributed by atoms with van der Waals surface area (Å²) in [6.45, 7) is 38.5. The van der Waals surface area contributed by atoms with Crippen molar-refractivity contribution in [2.45, 2.75) is 259 Å². The zero-order valence-corrected chi connectivity index (χ0v) is 51.1. The van der Waals surface area contributed by atoms with Gasteiger partial charge in [-0.25, -0.2) is 0 Å². The Labute approximate surface area is 456 Å². The van der Waals surface area contributed by atoms with Crippen LogP contribution in [0.5, 0.6) is 0 Å². The number of ether oxygens (including phenoxy) is 10. The van der Waals surface area contributed by atoms with Crippen LogP contribution in [0.15, 0.2) is 0 Å². The van der Waals surface area contributed by atoms with Gasteiger partial charge in [0.25, 0.3) is 0 Å². The van der Waals surface area contributed by atoms with Crippen molar-refractivity contribution in [1.29, 1.82) is 0 Å². The first-order chi connectivity index (χ1) is 35.1. The van der Waals surface area contributed by atoms with E-state index in [2.05, 4.69) is 6.92 Å². The first-order valence-electron chi connectivity index (χ1n) is 29.0. The third-order valence-electron chi connectivity index (χ3n) is 15.9. The van der Waals surface area contributed by atoms with Crippen molar-refractivity contribution in [1.82, 2.24) is 0 Å². The van der Waals surface area contributed by atoms with Crippen molar-refractivity contribution < 1.29 is 71.3 Å². The van der Waals surface area contributed by atoms with Crippen LogP contribution in [0.25, 0.3) is 0 Å². The first kappa shape index (κ1) is 72.2. The Kier molecular flexibility index (Phi) is 35.7. The summed E-state index contributed by atoms with van der Waals surface area (Å²) in [5, 5.41) is 0. The van der Waals surface area contributed by atoms with Gasteiger partial charge >= 0.3 is 29.8 Å². The molecule has 442 valence electrons. The third-order valence-corrected chi connectivity index (χ3v) is 15.9. The average molecular weight is 1070 g/mol. The monoisotopic (exact) mass is 1070 g/mol. The van der Waals surface area contributed by atoms with Gasteiger partial charge in [-0.2, -0.15) is 0 Å². The molecule has 0 aromatic carbocycles. The smallest absolute Gasteiger partial charge is 0.313 e. The highest BCUT2D eigenvalue weighted by Crippen LogP contribution is 2.54. The molecule has 15 heteroatoms. The molecule has 5 rings (SSSR count). The second kappa shape index (κ2) is 37.1. The molecule has 4 bridgehead atoms. The molecular weight excluding hydrogens is 961 g/mol. The van der Waals surface area contributed by atoms with Gasteiger partial charge in [0.2, 0.25) is 0 Å². The zero-order chi connectivity index (χ0) is 57.5. The van der Waals surface area contributed by atoms with Crippen LogP contribution in [0.2, 0.25) is 0 Å². The highest BCUT2D eigenvalue weighted by atomic mass is 16.7. The summed E-state index contributed by atoms with van der Waals surface area (Å²) in [4.78, 5) is 57.7. The Hall–Kier alpha value is -2.85. The molecule has 0 N–H and O–H groups in total. The molecule has 5 aliphatic carbocycles. The molecule has 0 amide bonds. The number of unbranched alkanes of at least 4 members (excludes halogenated alkanes) is 1. The molecular formula is C60H112O15. The minimum Gasteiger partial charge on any atom is -0.438 e. The number of carbonyl (C=O) groups is 5. The van der Waals surface area contributed by atoms with Gasteiger partial charge in [-0.15, -0.1) is 0 Å². The van der Waals surface area contributed by atoms with Crippen LogP contribution >= 0.6 is 0 Å². The second-order valence-electron chi connectivity index (χ2n) is 24.1. The lowest BCUT2D eigenvalue weighted by Gasteiger charge is -2.53. The lowest BCUT2D eigenvalue weighted by atomic mass is 9.55. The standard InChI is InChI=1S/C17H28O3.C13H24O3.C11H22O3.C10H20O3.C9H18O3/c1-4-17(2,3)16(18)20-10-19-15-13-6-11-5-12(8-13)9-14(15)7-11;1-4-13(2,3)12(14)16-10-15-11-8-6-5-7-9-11;1-5-7-8-13-9-14-10(12)11(3,4)6-2;1-6-10(4,5)9(11)13-8(3)12-7-2;1-5-9(3,4)8(10)12-7-11-6-2/h11-15H,4-10H2,1-3H3;11H,4-10H2,1-3H3;5-9H2,1-4H3;8H,6-7H2,1-5H3;5-7H2,1-4H3. The van der Waals surface area contributed by atoms with Crippen LogP contribution < -0.4 is 0 Å². The number of hydrogen-bond donors (Lipinski definition) is 0. The molecule has 0 aromatic heterocycles. The van der Waals surface area contributed by atoms with E-state index in [4.69, 9.17) is 47.4 Å². The molecule has 0 heterocycles. The van der Waals surface area contributed by atoms with Crippen molar-refractivity contribution in [2.24, 2.45) is 50.7 Å². The van der Waals surface area contributed by atoms with E-state index >= 15 is 0 Å². The lowest BCUT2D eigenvalue weighted by molar-refractivity contribution is -0.193. The van der Waals surface area contributed by atoms with Gasteiger partial charge in [0.05, 0.1) is 45.9 Å². The SMILES string of the molecule is CCC(C)(C)C(=O)OCOC1C2CC3CC(C2)CC1C3.CCC(C)(C)C(=O)OCOC1CCCCC1.CCCCOCOC(=O)C(C)(C)CC.CCOC(C)OC(=O)C(C)(C)CC.CCOCOC(=O)C(C)(C)CC. The summed E-state index contributed by atoms with van der Waals surface area (Å²) in [5.41, 5.74) is -1.99. The first-order valence-corrected chi connectivity index (χ1v) is 29.0. The van der Waals surface area contributed by atoms with E-state index in [9.17, 15) is 24.0 Å². The van der Waals surface area contributed by atoms with Crippen molar-refractivity contribution in [3.8, 4) is 0 Å². The number of carbonyl (C=O) groups excluding carboxylic acids is 5. The third kappa shape index (κ3) is 28.6. The molecule has 1 unspecified atom stereocenters. The van der Waals surface area contributed by atoms with Crippen LogP contribution in [0.1, 0.15) is 241 Å². The number of rotatable bonds is 27. The Morgan fingerprint density at radius 3 is 1.20 bits per heavy atom. The minimum absolute atomic E-state index is 0.0682. The van der Waals surface area contributed by atoms with E-state index < -0.39 is 33.4 Å². The molecule has 15 nitrogen and oxygen atoms in total. The molecule has 5 fully saturated rings. The van der Waals surface area contributed by atoms with Gasteiger partial charge in [0.1, 0.15) is 0 Å². The van der Waals surface area contributed by atoms with Gasteiger partial charge in [-0.3, -0.25) is 24.0 Å². The maximum Gasteiger partial charge on any atom is 0.313 e. The Morgan fingerprint density at radius 1 is 0.453 bits per heavy atom. The molecule has 0 aliphatic heterocycles. The van der Waals surface area contributed by atoms with E-state index in [0.717, 1.165) is 81.5 Å². The maximum atomic E-state index is 11.9. The summed E-state index contributed by atoms with van der Waals surface area (Å²) in [6.07, 6.45) is 19.0. The van der Waals surface area contributed by atoms with Crippen molar-refractivity contribution in [3.63, 3.8) is 0 Å². The van der Waals surface area contributed by atoms with Crippen LogP contribution in [0.4, 0.5) is 0 Å². The Bertz CT molecular complexity index is 1550. The van der Waals surface area contributed by atoms with Crippen LogP contribution in [0.3, 0.4) is 0 Å². The quantitative estimate of drug-likeness (QED) is 0.0328. The largest absolute Gasteiger partial charge is 0.438 e. The predicted octanol–water partition coefficient (Wildman–Crippen LogP) is 14.1. The molecule has 75 heavy (non-hydrogen) atoms. The Morgan fingerprint density at radius 2 is 0.827 bits per heavy atom. The van der Waals surface area contributed by atoms with Gasteiger partial charge in [-0.05, 0) is 197 Å². The fourth-order valence-corrected chi connectivity index (χ4v) is 8.39. The van der Waals surface area contributed by atoms with Crippen molar-refractivity contribution in [3.05, 3.63) is 0 Å². The number of esters is 5. The van der Waals surface area contributed by atoms with Crippen molar-refractivity contribution in [2.75, 3.05) is 47.0 Å². The molecule has 0 saturated heterocycles. The van der Waals surface area contributed by atoms with E-state index in [1.165, 1.54) is 51.4 Å². The summed E-state index contributed by atoms with van der Waals surface area (Å²) in [5.74, 6) is 2.49. The van der Waals surface area contributed by atoms with Gasteiger partial charge in [0.15, 0.2) is 33.5 Å². The van der Waals surface area contributed by atoms with Gasteiger partial charge < -0.3 is 47.4 Å². The van der Waals surface area contributed by atoms with Crippen LogP contribution in [-0.4, -0.2) is 95.3 Å². The van der Waals surface area contributed by atoms with Crippen LogP contribution in [-0.2, 0) is 71.3 Å². The maximum absolute atomic E-state index is 11.9. The highest BCUT2D eigenvalue weighted by molar-refractivity contribution is 5.77. The fraction of sp³-hybridized carbons (Fsp3) is 0.917. The highest BCUT2D eigenvalue weighted by Gasteiger charge is 2.49. The second-order valence-corrected chi connectivity index (χ2v) is 24.1. The topological polar surface area (TPSA) is 178 Å². The molecule has 1 atom stereocenters. The average Bonchev–Trinajstić information content (AvgIpc) is 3.37. The normalized spacial score (nSPS) is 20.7. The molecule has 0 aromatic rings. The summed E-state index contributed by atoms with van der Waals surface area (Å²) >= 11 is 0. The van der Waals surface area contributed by atoms with Crippen LogP contribution in [0, 0.1) is 50.7 Å². The number of hydrogen-bond acceptors (Lipinski definition) is 15. The van der Waals surface area contributed by atoms with E-state index in [-0.39, 0.29) is 57.0 Å². The predicted molar refractivity (Wildman–Crippen MR) is 294 cm³/mol. The molecule has 0 radical (unpaired) electrons. The fourth-order valence-electron chi connectivity index (χ4n) is 8.39. The van der Waals surface area contributed by atoms with Gasteiger partial charge in [-0.1, -0.05) is 67.2 Å². The molecule has 0 spiro atoms. The van der Waals surface area contributed by atoms with Crippen molar-refractivity contribution >= 4 is 29.8 Å². The summed E-state index contributed by atoms with van der Waals surface area (Å²) in [7, 11) is 0. The minimum atomic E-state index is -0.441. The van der Waals surface area contributed by atoms with E-state index in [1.807, 2.05) is 118 Å². The van der Waals surface area contributed by atoms with Gasteiger partial charge in [0, 0.05) is 13.2 Å². The Balaban J connectivity index is 0.000000927. The lowest BCUT2D eigenvalue weighted by Crippen LogP contribution is -2.49. The molecule has 5 aliphatic rings. The molecule has 5 saturated carbocycles.